The molecular formula is C26H36O2. The number of fused-ring (bicyclic) bond motifs is 5. The summed E-state index contributed by atoms with van der Waals surface area (Å²) >= 11 is 0. The molecule has 1 aromatic rings. The fourth-order valence-corrected chi connectivity index (χ4v) is 7.31. The minimum atomic E-state index is -0.0475. The zero-order chi connectivity index (χ0) is 19.3. The highest BCUT2D eigenvalue weighted by atomic mass is 16.7. The van der Waals surface area contributed by atoms with Gasteiger partial charge < -0.3 is 9.47 Å². The molecule has 0 radical (unpaired) electrons. The van der Waals surface area contributed by atoms with Crippen molar-refractivity contribution in [3.05, 3.63) is 41.0 Å². The summed E-state index contributed by atoms with van der Waals surface area (Å²) in [5.41, 5.74) is 5.36. The Bertz CT molecular complexity index is 760. The van der Waals surface area contributed by atoms with Gasteiger partial charge in [-0.15, -0.1) is 0 Å². The third-order valence-electron chi connectivity index (χ3n) is 8.65. The zero-order valence-corrected chi connectivity index (χ0v) is 17.9. The molecule has 1 heterocycles. The van der Waals surface area contributed by atoms with E-state index in [0.29, 0.717) is 5.41 Å². The van der Waals surface area contributed by atoms with Gasteiger partial charge in [0.05, 0.1) is 6.61 Å². The Morgan fingerprint density at radius 1 is 1.18 bits per heavy atom. The number of benzene rings is 1. The van der Waals surface area contributed by atoms with E-state index < -0.39 is 0 Å². The van der Waals surface area contributed by atoms with Gasteiger partial charge >= 0.3 is 0 Å². The van der Waals surface area contributed by atoms with Crippen LogP contribution in [0.3, 0.4) is 0 Å². The highest BCUT2D eigenvalue weighted by Gasteiger charge is 2.54. The van der Waals surface area contributed by atoms with Crippen LogP contribution in [0.25, 0.3) is 0 Å². The quantitative estimate of drug-likeness (QED) is 0.535. The van der Waals surface area contributed by atoms with Gasteiger partial charge in [0.25, 0.3) is 0 Å². The van der Waals surface area contributed by atoms with Gasteiger partial charge in [-0.3, -0.25) is 0 Å². The molecule has 2 saturated carbocycles. The first-order valence-corrected chi connectivity index (χ1v) is 11.7. The molecule has 5 rings (SSSR count). The van der Waals surface area contributed by atoms with Crippen molar-refractivity contribution in [2.75, 3.05) is 6.61 Å². The first kappa shape index (κ1) is 18.7. The summed E-state index contributed by atoms with van der Waals surface area (Å²) in [5.74, 6) is 4.23. The van der Waals surface area contributed by atoms with Crippen molar-refractivity contribution < 1.29 is 9.47 Å². The van der Waals surface area contributed by atoms with Gasteiger partial charge in [-0.2, -0.15) is 0 Å². The fourth-order valence-electron chi connectivity index (χ4n) is 7.31. The van der Waals surface area contributed by atoms with E-state index >= 15 is 0 Å². The summed E-state index contributed by atoms with van der Waals surface area (Å²) in [7, 11) is 0. The summed E-state index contributed by atoms with van der Waals surface area (Å²) in [6.45, 7) is 8.17. The van der Waals surface area contributed by atoms with Gasteiger partial charge in [0.1, 0.15) is 5.75 Å². The van der Waals surface area contributed by atoms with Gasteiger partial charge in [0, 0.05) is 6.42 Å². The van der Waals surface area contributed by atoms with Gasteiger partial charge in [-0.05, 0) is 104 Å². The van der Waals surface area contributed by atoms with Crippen LogP contribution in [0.15, 0.2) is 29.8 Å². The maximum absolute atomic E-state index is 6.18. The molecule has 0 aromatic heterocycles. The van der Waals surface area contributed by atoms with E-state index in [0.717, 1.165) is 42.4 Å². The maximum Gasteiger partial charge on any atom is 0.199 e. The van der Waals surface area contributed by atoms with Crippen LogP contribution in [0.4, 0.5) is 0 Å². The fraction of sp³-hybridized carbons (Fsp3) is 0.692. The Kier molecular flexibility index (Phi) is 4.82. The standard InChI is InChI=1S/C26H36O2/c1-4-19-8-11-23-25-17(2)15-18-16-20(28-24-7-5-6-14-27-24)9-10-21(18)22(25)12-13-26(19,23)3/h4,9-10,16-17,22-25H,5-8,11-15H2,1-3H3/t17?,22-,23+,24?,25-,26-/m1/s1. The van der Waals surface area contributed by atoms with Gasteiger partial charge in [-0.1, -0.05) is 31.6 Å². The number of ether oxygens (including phenoxy) is 2. The third kappa shape index (κ3) is 2.95. The normalized spacial score (nSPS) is 41.2. The highest BCUT2D eigenvalue weighted by Crippen LogP contribution is 2.63. The molecule has 3 aliphatic carbocycles. The number of hydrogen-bond acceptors (Lipinski definition) is 2. The SMILES string of the molecule is CC=C1CC[C@H]2[C@@H]3C(C)Cc4cc(OC5CCCCO5)ccc4[C@H]3CC[C@]12C. The summed E-state index contributed by atoms with van der Waals surface area (Å²) < 4.78 is 12.0. The first-order chi connectivity index (χ1) is 13.6. The zero-order valence-electron chi connectivity index (χ0n) is 17.9. The highest BCUT2D eigenvalue weighted by molar-refractivity contribution is 5.42. The number of hydrogen-bond donors (Lipinski definition) is 0. The molecule has 3 fully saturated rings. The Balaban J connectivity index is 1.41. The van der Waals surface area contributed by atoms with Crippen LogP contribution in [-0.4, -0.2) is 12.9 Å². The van der Waals surface area contributed by atoms with E-state index in [-0.39, 0.29) is 6.29 Å². The van der Waals surface area contributed by atoms with Crippen LogP contribution in [0, 0.1) is 23.2 Å². The van der Waals surface area contributed by atoms with E-state index in [1.165, 1.54) is 50.5 Å². The van der Waals surface area contributed by atoms with Crippen molar-refractivity contribution in [2.45, 2.75) is 84.3 Å². The molecule has 0 bridgehead atoms. The second kappa shape index (κ2) is 7.20. The summed E-state index contributed by atoms with van der Waals surface area (Å²) in [6.07, 6.45) is 12.4. The second-order valence-corrected chi connectivity index (χ2v) is 10.1. The molecule has 1 aromatic carbocycles. The molecule has 4 aliphatic rings. The molecule has 1 aliphatic heterocycles. The third-order valence-corrected chi connectivity index (χ3v) is 8.65. The predicted molar refractivity (Wildman–Crippen MR) is 114 cm³/mol. The lowest BCUT2D eigenvalue weighted by Crippen LogP contribution is -2.43. The van der Waals surface area contributed by atoms with Gasteiger partial charge in [0.15, 0.2) is 6.29 Å². The van der Waals surface area contributed by atoms with Gasteiger partial charge in [-0.25, -0.2) is 0 Å². The Morgan fingerprint density at radius 2 is 2.07 bits per heavy atom. The van der Waals surface area contributed by atoms with Crippen LogP contribution >= 0.6 is 0 Å². The Hall–Kier alpha value is -1.28. The Labute approximate surface area is 170 Å². The molecule has 6 atom stereocenters. The van der Waals surface area contributed by atoms with Crippen LogP contribution in [0.5, 0.6) is 5.75 Å². The average Bonchev–Trinajstić information content (AvgIpc) is 3.04. The molecule has 0 spiro atoms. The molecule has 0 amide bonds. The van der Waals surface area contributed by atoms with E-state index in [1.54, 1.807) is 11.1 Å². The molecule has 2 nitrogen and oxygen atoms in total. The summed E-state index contributed by atoms with van der Waals surface area (Å²) in [6, 6.07) is 6.94. The van der Waals surface area contributed by atoms with Crippen molar-refractivity contribution >= 4 is 0 Å². The lowest BCUT2D eigenvalue weighted by molar-refractivity contribution is -0.105. The summed E-state index contributed by atoms with van der Waals surface area (Å²) in [4.78, 5) is 0. The monoisotopic (exact) mass is 380 g/mol. The van der Waals surface area contributed by atoms with E-state index in [1.807, 2.05) is 0 Å². The molecule has 28 heavy (non-hydrogen) atoms. The van der Waals surface area contributed by atoms with Gasteiger partial charge in [0.2, 0.25) is 0 Å². The molecule has 0 N–H and O–H groups in total. The average molecular weight is 381 g/mol. The minimum absolute atomic E-state index is 0.0475. The van der Waals surface area contributed by atoms with Crippen LogP contribution in [0.1, 0.15) is 82.8 Å². The lowest BCUT2D eigenvalue weighted by Gasteiger charge is -2.52. The number of allylic oxidation sites excluding steroid dienone is 2. The van der Waals surface area contributed by atoms with E-state index in [4.69, 9.17) is 9.47 Å². The smallest absolute Gasteiger partial charge is 0.199 e. The van der Waals surface area contributed by atoms with Crippen LogP contribution in [0.2, 0.25) is 0 Å². The van der Waals surface area contributed by atoms with Crippen molar-refractivity contribution in [3.63, 3.8) is 0 Å². The largest absolute Gasteiger partial charge is 0.465 e. The molecule has 1 saturated heterocycles. The van der Waals surface area contributed by atoms with Crippen molar-refractivity contribution in [1.29, 1.82) is 0 Å². The topological polar surface area (TPSA) is 18.5 Å². The lowest BCUT2D eigenvalue weighted by atomic mass is 9.52. The van der Waals surface area contributed by atoms with Crippen LogP contribution in [-0.2, 0) is 11.2 Å². The molecule has 2 heteroatoms. The molecular weight excluding hydrogens is 344 g/mol. The number of rotatable bonds is 2. The van der Waals surface area contributed by atoms with Crippen molar-refractivity contribution in [2.24, 2.45) is 23.2 Å². The van der Waals surface area contributed by atoms with Crippen molar-refractivity contribution in [1.82, 2.24) is 0 Å². The predicted octanol–water partition coefficient (Wildman–Crippen LogP) is 6.64. The molecule has 152 valence electrons. The minimum Gasteiger partial charge on any atom is -0.465 e. The Morgan fingerprint density at radius 3 is 2.86 bits per heavy atom. The first-order valence-electron chi connectivity index (χ1n) is 11.7. The molecule has 2 unspecified atom stereocenters. The van der Waals surface area contributed by atoms with E-state index in [9.17, 15) is 0 Å². The van der Waals surface area contributed by atoms with Crippen LogP contribution < -0.4 is 4.74 Å². The van der Waals surface area contributed by atoms with Crippen molar-refractivity contribution in [3.8, 4) is 5.75 Å². The summed E-state index contributed by atoms with van der Waals surface area (Å²) in [5, 5.41) is 0. The second-order valence-electron chi connectivity index (χ2n) is 10.1. The van der Waals surface area contributed by atoms with E-state index in [2.05, 4.69) is 45.0 Å². The maximum atomic E-state index is 6.18.